The quantitative estimate of drug-likeness (QED) is 0.341. The molecule has 2 N–H and O–H groups in total. The number of H-pyrrole nitrogens is 1. The zero-order valence-corrected chi connectivity index (χ0v) is 20.4. The molecule has 0 bridgehead atoms. The van der Waals surface area contributed by atoms with Crippen LogP contribution in [0.25, 0.3) is 0 Å². The lowest BCUT2D eigenvalue weighted by Gasteiger charge is -2.33. The standard InChI is InChI=1S/C27H29N7O3/c1-3-8-20(9-4-1)14-24-28-16-25(29-24)30-27(23-18-35-19-37-23,15-21-10-5-2-6-11-21)26-31-32-33-34(26)17-22-12-7-13-36-22/h1-6,8-11,16,18,22,30H,7,12-15,17,19H2,(H,28,29). The topological polar surface area (TPSA) is 112 Å². The Morgan fingerprint density at radius 2 is 1.86 bits per heavy atom. The van der Waals surface area contributed by atoms with Gasteiger partial charge in [-0.25, -0.2) is 9.67 Å². The Bertz CT molecular complexity index is 1330. The minimum atomic E-state index is -0.962. The lowest BCUT2D eigenvalue weighted by molar-refractivity contribution is 0.0655. The number of tetrazole rings is 1. The molecule has 2 unspecified atom stereocenters. The molecule has 0 spiro atoms. The van der Waals surface area contributed by atoms with Crippen molar-refractivity contribution in [3.63, 3.8) is 0 Å². The summed E-state index contributed by atoms with van der Waals surface area (Å²) in [5.41, 5.74) is 1.30. The van der Waals surface area contributed by atoms with E-state index in [4.69, 9.17) is 14.2 Å². The molecule has 0 saturated carbocycles. The molecular weight excluding hydrogens is 470 g/mol. The molecule has 4 heterocycles. The molecule has 10 nitrogen and oxygen atoms in total. The molecule has 4 aromatic rings. The van der Waals surface area contributed by atoms with Crippen LogP contribution in [0, 0.1) is 0 Å². The summed E-state index contributed by atoms with van der Waals surface area (Å²) in [4.78, 5) is 8.06. The van der Waals surface area contributed by atoms with Gasteiger partial charge in [0.25, 0.3) is 0 Å². The van der Waals surface area contributed by atoms with E-state index in [-0.39, 0.29) is 12.9 Å². The minimum Gasteiger partial charge on any atom is -0.461 e. The van der Waals surface area contributed by atoms with Gasteiger partial charge in [0.2, 0.25) is 6.79 Å². The van der Waals surface area contributed by atoms with E-state index in [1.807, 2.05) is 41.1 Å². The highest BCUT2D eigenvalue weighted by atomic mass is 16.7. The third kappa shape index (κ3) is 5.05. The number of aromatic amines is 1. The van der Waals surface area contributed by atoms with Gasteiger partial charge in [0.05, 0.1) is 18.8 Å². The van der Waals surface area contributed by atoms with E-state index in [0.717, 1.165) is 36.7 Å². The molecule has 2 aliphatic heterocycles. The fraction of sp³-hybridized carbons (Fsp3) is 0.333. The van der Waals surface area contributed by atoms with Crippen molar-refractivity contribution in [2.75, 3.05) is 18.7 Å². The summed E-state index contributed by atoms with van der Waals surface area (Å²) in [5, 5.41) is 16.6. The van der Waals surface area contributed by atoms with Crippen molar-refractivity contribution in [2.24, 2.45) is 0 Å². The van der Waals surface area contributed by atoms with Gasteiger partial charge in [-0.1, -0.05) is 60.7 Å². The monoisotopic (exact) mass is 499 g/mol. The van der Waals surface area contributed by atoms with Crippen LogP contribution in [0.3, 0.4) is 0 Å². The second-order valence-electron chi connectivity index (χ2n) is 9.33. The van der Waals surface area contributed by atoms with E-state index < -0.39 is 5.54 Å². The van der Waals surface area contributed by atoms with E-state index in [1.165, 1.54) is 5.56 Å². The molecule has 0 amide bonds. The maximum Gasteiger partial charge on any atom is 0.230 e. The Hall–Kier alpha value is -4.18. The lowest BCUT2D eigenvalue weighted by atomic mass is 9.87. The Labute approximate surface area is 214 Å². The number of nitrogens with zero attached hydrogens (tertiary/aromatic N) is 5. The highest BCUT2D eigenvalue weighted by molar-refractivity contribution is 5.45. The summed E-state index contributed by atoms with van der Waals surface area (Å²) in [5.74, 6) is 2.78. The highest BCUT2D eigenvalue weighted by Gasteiger charge is 2.46. The van der Waals surface area contributed by atoms with Crippen molar-refractivity contribution in [1.29, 1.82) is 0 Å². The summed E-state index contributed by atoms with van der Waals surface area (Å²) >= 11 is 0. The molecule has 10 heteroatoms. The minimum absolute atomic E-state index is 0.0658. The zero-order chi connectivity index (χ0) is 24.9. The summed E-state index contributed by atoms with van der Waals surface area (Å²) in [7, 11) is 0. The first-order valence-electron chi connectivity index (χ1n) is 12.5. The molecule has 0 aliphatic carbocycles. The molecule has 2 atom stereocenters. The van der Waals surface area contributed by atoms with Crippen LogP contribution in [-0.2, 0) is 39.1 Å². The molecule has 1 fully saturated rings. The SMILES string of the molecule is C1=C(C(Cc2ccccc2)(Nc2cnc(Cc3ccccc3)[nH]2)c2nnnn2CC2CCCO2)OCO1. The molecule has 37 heavy (non-hydrogen) atoms. The molecule has 190 valence electrons. The first-order valence-corrected chi connectivity index (χ1v) is 12.5. The number of aromatic nitrogens is 6. The number of nitrogens with one attached hydrogen (secondary N) is 2. The van der Waals surface area contributed by atoms with Gasteiger partial charge in [-0.05, 0) is 34.4 Å². The second kappa shape index (κ2) is 10.4. The second-order valence-corrected chi connectivity index (χ2v) is 9.33. The van der Waals surface area contributed by atoms with Gasteiger partial charge in [-0.15, -0.1) is 5.10 Å². The van der Waals surface area contributed by atoms with Crippen LogP contribution in [0.5, 0.6) is 0 Å². The average Bonchev–Trinajstić information content (AvgIpc) is 3.74. The van der Waals surface area contributed by atoms with Crippen LogP contribution in [0.2, 0.25) is 0 Å². The van der Waals surface area contributed by atoms with Gasteiger partial charge < -0.3 is 24.5 Å². The number of hydrogen-bond acceptors (Lipinski definition) is 8. The molecule has 2 aliphatic rings. The summed E-state index contributed by atoms with van der Waals surface area (Å²) in [6.07, 6.45) is 6.72. The number of imidazole rings is 1. The van der Waals surface area contributed by atoms with Crippen LogP contribution >= 0.6 is 0 Å². The summed E-state index contributed by atoms with van der Waals surface area (Å²) in [6, 6.07) is 20.4. The smallest absolute Gasteiger partial charge is 0.230 e. The zero-order valence-electron chi connectivity index (χ0n) is 20.4. The number of hydrogen-bond donors (Lipinski definition) is 2. The van der Waals surface area contributed by atoms with E-state index in [1.54, 1.807) is 12.5 Å². The molecule has 1 saturated heterocycles. The maximum absolute atomic E-state index is 6.02. The molecule has 0 radical (unpaired) electrons. The van der Waals surface area contributed by atoms with E-state index in [0.29, 0.717) is 31.0 Å². The third-order valence-electron chi connectivity index (χ3n) is 6.71. The molecule has 6 rings (SSSR count). The van der Waals surface area contributed by atoms with Crippen LogP contribution < -0.4 is 5.32 Å². The third-order valence-corrected chi connectivity index (χ3v) is 6.71. The van der Waals surface area contributed by atoms with Crippen LogP contribution in [0.4, 0.5) is 5.82 Å². The number of benzene rings is 2. The number of anilines is 1. The molecule has 2 aromatic heterocycles. The van der Waals surface area contributed by atoms with Gasteiger partial charge in [0.15, 0.2) is 17.1 Å². The van der Waals surface area contributed by atoms with Crippen molar-refractivity contribution in [3.05, 3.63) is 102 Å². The van der Waals surface area contributed by atoms with Gasteiger partial charge in [0.1, 0.15) is 17.9 Å². The van der Waals surface area contributed by atoms with Crippen molar-refractivity contribution in [1.82, 2.24) is 30.2 Å². The van der Waals surface area contributed by atoms with Crippen molar-refractivity contribution in [2.45, 2.75) is 43.9 Å². The Balaban J connectivity index is 1.39. The largest absolute Gasteiger partial charge is 0.461 e. The predicted octanol–water partition coefficient (Wildman–Crippen LogP) is 3.56. The predicted molar refractivity (Wildman–Crippen MR) is 135 cm³/mol. The van der Waals surface area contributed by atoms with Gasteiger partial charge in [0, 0.05) is 19.4 Å². The van der Waals surface area contributed by atoms with Gasteiger partial charge in [-0.3, -0.25) is 0 Å². The Morgan fingerprint density at radius 3 is 2.59 bits per heavy atom. The lowest BCUT2D eigenvalue weighted by Crippen LogP contribution is -2.43. The number of rotatable bonds is 10. The highest BCUT2D eigenvalue weighted by Crippen LogP contribution is 2.38. The van der Waals surface area contributed by atoms with E-state index in [9.17, 15) is 0 Å². The maximum atomic E-state index is 6.02. The first-order chi connectivity index (χ1) is 18.3. The molecule has 2 aromatic carbocycles. The van der Waals surface area contributed by atoms with Crippen molar-refractivity contribution in [3.8, 4) is 0 Å². The average molecular weight is 500 g/mol. The normalized spacial score (nSPS) is 18.6. The van der Waals surface area contributed by atoms with Crippen LogP contribution in [0.15, 0.2) is 78.9 Å². The fourth-order valence-electron chi connectivity index (χ4n) is 4.95. The van der Waals surface area contributed by atoms with E-state index in [2.05, 4.69) is 55.1 Å². The van der Waals surface area contributed by atoms with E-state index >= 15 is 0 Å². The summed E-state index contributed by atoms with van der Waals surface area (Å²) in [6.45, 7) is 1.44. The summed E-state index contributed by atoms with van der Waals surface area (Å²) < 4.78 is 19.3. The fourth-order valence-corrected chi connectivity index (χ4v) is 4.95. The van der Waals surface area contributed by atoms with Gasteiger partial charge >= 0.3 is 0 Å². The first kappa shape index (κ1) is 23.2. The Morgan fingerprint density at radius 1 is 1.05 bits per heavy atom. The van der Waals surface area contributed by atoms with Crippen molar-refractivity contribution >= 4 is 5.82 Å². The van der Waals surface area contributed by atoms with Crippen LogP contribution in [-0.4, -0.2) is 49.7 Å². The molecular formula is C27H29N7O3. The van der Waals surface area contributed by atoms with Gasteiger partial charge in [-0.2, -0.15) is 0 Å². The van der Waals surface area contributed by atoms with Crippen molar-refractivity contribution < 1.29 is 14.2 Å². The Kier molecular flexibility index (Phi) is 6.55. The number of ether oxygens (including phenoxy) is 3. The van der Waals surface area contributed by atoms with Crippen LogP contribution in [0.1, 0.15) is 35.6 Å².